The van der Waals surface area contributed by atoms with Crippen LogP contribution in [0.15, 0.2) is 66.7 Å². The molecule has 0 saturated carbocycles. The summed E-state index contributed by atoms with van der Waals surface area (Å²) < 4.78 is 5.50. The van der Waals surface area contributed by atoms with Gasteiger partial charge < -0.3 is 9.64 Å². The van der Waals surface area contributed by atoms with Crippen molar-refractivity contribution in [3.63, 3.8) is 0 Å². The normalized spacial score (nSPS) is 13.3. The van der Waals surface area contributed by atoms with E-state index in [0.29, 0.717) is 6.61 Å². The van der Waals surface area contributed by atoms with E-state index in [1.807, 2.05) is 62.6 Å². The third-order valence-corrected chi connectivity index (χ3v) is 4.24. The first-order valence-electron chi connectivity index (χ1n) is 8.19. The summed E-state index contributed by atoms with van der Waals surface area (Å²) in [6.07, 6.45) is 3.26. The maximum atomic E-state index is 12.0. The van der Waals surface area contributed by atoms with E-state index in [2.05, 4.69) is 24.0 Å². The molecule has 134 valence electrons. The summed E-state index contributed by atoms with van der Waals surface area (Å²) in [6, 6.07) is 20.2. The molecule has 2 atom stereocenters. The van der Waals surface area contributed by atoms with Crippen molar-refractivity contribution in [2.75, 3.05) is 20.7 Å². The fraction of sp³-hybridized carbons (Fsp3) is 0.286. The number of hydrogen-bond donors (Lipinski definition) is 0. The molecule has 0 saturated heterocycles. The highest BCUT2D eigenvalue weighted by Gasteiger charge is 2.22. The van der Waals surface area contributed by atoms with Crippen molar-refractivity contribution >= 4 is 24.5 Å². The molecule has 0 spiro atoms. The highest BCUT2D eigenvalue weighted by Crippen LogP contribution is 2.22. The van der Waals surface area contributed by atoms with E-state index in [-0.39, 0.29) is 30.3 Å². The molecule has 0 N–H and O–H groups in total. The van der Waals surface area contributed by atoms with E-state index in [4.69, 9.17) is 4.74 Å². The molecule has 0 heterocycles. The minimum atomic E-state index is -0.314. The Bertz CT molecular complexity index is 656. The Labute approximate surface area is 156 Å². The summed E-state index contributed by atoms with van der Waals surface area (Å²) in [6.45, 7) is 2.51. The van der Waals surface area contributed by atoms with Crippen LogP contribution in [0.5, 0.6) is 0 Å². The maximum absolute atomic E-state index is 12.0. The zero-order valence-electron chi connectivity index (χ0n) is 15.0. The van der Waals surface area contributed by atoms with Crippen LogP contribution in [0.25, 0.3) is 6.08 Å². The van der Waals surface area contributed by atoms with Gasteiger partial charge in [0.2, 0.25) is 0 Å². The number of carbonyl (C=O) groups is 1. The molecule has 2 aromatic rings. The molecular formula is C21H26ClNO2. The van der Waals surface area contributed by atoms with Gasteiger partial charge in [0.1, 0.15) is 0 Å². The molecule has 4 heteroatoms. The average molecular weight is 360 g/mol. The molecule has 0 radical (unpaired) electrons. The molecule has 0 aliphatic carbocycles. The second kappa shape index (κ2) is 10.7. The van der Waals surface area contributed by atoms with E-state index in [9.17, 15) is 4.79 Å². The zero-order chi connectivity index (χ0) is 17.4. The van der Waals surface area contributed by atoms with E-state index >= 15 is 0 Å². The van der Waals surface area contributed by atoms with Gasteiger partial charge in [-0.3, -0.25) is 0 Å². The van der Waals surface area contributed by atoms with Gasteiger partial charge >= 0.3 is 5.97 Å². The van der Waals surface area contributed by atoms with Crippen LogP contribution in [-0.4, -0.2) is 37.6 Å². The molecule has 0 aromatic heterocycles. The highest BCUT2D eigenvalue weighted by atomic mass is 35.5. The lowest BCUT2D eigenvalue weighted by Gasteiger charge is -2.29. The molecular weight excluding hydrogens is 334 g/mol. The Balaban J connectivity index is 0.00000312. The number of nitrogens with zero attached hydrogens (tertiary/aromatic N) is 1. The van der Waals surface area contributed by atoms with Crippen molar-refractivity contribution in [3.8, 4) is 0 Å². The summed E-state index contributed by atoms with van der Waals surface area (Å²) in [5.74, 6) is -0.180. The van der Waals surface area contributed by atoms with Gasteiger partial charge in [0.15, 0.2) is 0 Å². The molecule has 0 bridgehead atoms. The van der Waals surface area contributed by atoms with Crippen LogP contribution in [0.1, 0.15) is 24.0 Å². The van der Waals surface area contributed by atoms with E-state index in [0.717, 1.165) is 5.56 Å². The third kappa shape index (κ3) is 6.73. The van der Waals surface area contributed by atoms with Gasteiger partial charge in [0.05, 0.1) is 6.61 Å². The van der Waals surface area contributed by atoms with Gasteiger partial charge in [-0.1, -0.05) is 60.7 Å². The van der Waals surface area contributed by atoms with Gasteiger partial charge in [0, 0.05) is 18.0 Å². The van der Waals surface area contributed by atoms with E-state index < -0.39 is 0 Å². The Morgan fingerprint density at radius 2 is 1.60 bits per heavy atom. The summed E-state index contributed by atoms with van der Waals surface area (Å²) in [5, 5.41) is 0. The Kier molecular flexibility index (Phi) is 8.96. The number of benzene rings is 2. The minimum Gasteiger partial charge on any atom is -0.462 e. The molecule has 2 aromatic carbocycles. The first kappa shape index (κ1) is 20.9. The number of hydrogen-bond acceptors (Lipinski definition) is 3. The first-order valence-corrected chi connectivity index (χ1v) is 8.19. The van der Waals surface area contributed by atoms with Crippen LogP contribution in [0.3, 0.4) is 0 Å². The lowest BCUT2D eigenvalue weighted by molar-refractivity contribution is -0.138. The summed E-state index contributed by atoms with van der Waals surface area (Å²) in [7, 11) is 4.08. The average Bonchev–Trinajstić information content (AvgIpc) is 2.61. The van der Waals surface area contributed by atoms with Crippen LogP contribution in [0.2, 0.25) is 0 Å². The van der Waals surface area contributed by atoms with Crippen molar-refractivity contribution in [2.24, 2.45) is 0 Å². The largest absolute Gasteiger partial charge is 0.462 e. The third-order valence-electron chi connectivity index (χ3n) is 4.24. The van der Waals surface area contributed by atoms with Crippen LogP contribution < -0.4 is 0 Å². The number of ether oxygens (including phenoxy) is 1. The van der Waals surface area contributed by atoms with Crippen molar-refractivity contribution < 1.29 is 9.53 Å². The van der Waals surface area contributed by atoms with Crippen LogP contribution in [0, 0.1) is 0 Å². The molecule has 0 fully saturated rings. The number of esters is 1. The number of rotatable bonds is 7. The quantitative estimate of drug-likeness (QED) is 0.542. The van der Waals surface area contributed by atoms with E-state index in [1.165, 1.54) is 11.6 Å². The van der Waals surface area contributed by atoms with Gasteiger partial charge in [-0.05, 0) is 38.2 Å². The Hall–Kier alpha value is -2.10. The zero-order valence-corrected chi connectivity index (χ0v) is 15.8. The number of likely N-dealkylation sites (N-methyl/N-ethyl adjacent to an activating group) is 1. The van der Waals surface area contributed by atoms with E-state index in [1.54, 1.807) is 6.08 Å². The summed E-state index contributed by atoms with van der Waals surface area (Å²) >= 11 is 0. The van der Waals surface area contributed by atoms with Crippen LogP contribution >= 0.6 is 12.4 Å². The fourth-order valence-corrected chi connectivity index (χ4v) is 2.52. The van der Waals surface area contributed by atoms with Crippen LogP contribution in [0.4, 0.5) is 0 Å². The molecule has 0 aliphatic rings. The van der Waals surface area contributed by atoms with Crippen molar-refractivity contribution in [2.45, 2.75) is 18.9 Å². The van der Waals surface area contributed by atoms with Gasteiger partial charge in [-0.2, -0.15) is 0 Å². The summed E-state index contributed by atoms with van der Waals surface area (Å²) in [5.41, 5.74) is 2.16. The van der Waals surface area contributed by atoms with Gasteiger partial charge in [-0.15, -0.1) is 12.4 Å². The fourth-order valence-electron chi connectivity index (χ4n) is 2.52. The van der Waals surface area contributed by atoms with Crippen LogP contribution in [-0.2, 0) is 9.53 Å². The van der Waals surface area contributed by atoms with Gasteiger partial charge in [0.25, 0.3) is 0 Å². The molecule has 25 heavy (non-hydrogen) atoms. The molecule has 0 aliphatic heterocycles. The second-order valence-electron chi connectivity index (χ2n) is 6.10. The monoisotopic (exact) mass is 359 g/mol. The van der Waals surface area contributed by atoms with Crippen molar-refractivity contribution in [1.82, 2.24) is 4.90 Å². The molecule has 2 unspecified atom stereocenters. The Morgan fingerprint density at radius 3 is 2.16 bits per heavy atom. The predicted octanol–water partition coefficient (Wildman–Crippen LogP) is 4.40. The molecule has 3 nitrogen and oxygen atoms in total. The molecule has 2 rings (SSSR count). The number of halogens is 1. The van der Waals surface area contributed by atoms with Crippen molar-refractivity contribution in [3.05, 3.63) is 77.9 Å². The maximum Gasteiger partial charge on any atom is 0.330 e. The first-order chi connectivity index (χ1) is 11.6. The topological polar surface area (TPSA) is 29.5 Å². The molecule has 0 amide bonds. The lowest BCUT2D eigenvalue weighted by Crippen LogP contribution is -2.34. The highest BCUT2D eigenvalue weighted by molar-refractivity contribution is 5.87. The SMILES string of the molecule is CC(C(COC(=O)/C=C/c1ccccc1)c1ccccc1)N(C)C.Cl. The van der Waals surface area contributed by atoms with Gasteiger partial charge in [-0.25, -0.2) is 4.79 Å². The summed E-state index contributed by atoms with van der Waals surface area (Å²) in [4.78, 5) is 14.2. The lowest BCUT2D eigenvalue weighted by atomic mass is 9.92. The van der Waals surface area contributed by atoms with Crippen molar-refractivity contribution in [1.29, 1.82) is 0 Å². The minimum absolute atomic E-state index is 0. The number of carbonyl (C=O) groups excluding carboxylic acids is 1. The Morgan fingerprint density at radius 1 is 1.04 bits per heavy atom. The second-order valence-corrected chi connectivity index (χ2v) is 6.10. The smallest absolute Gasteiger partial charge is 0.330 e. The standard InChI is InChI=1S/C21H25NO2.ClH/c1-17(22(2)3)20(19-12-8-5-9-13-19)16-24-21(23)15-14-18-10-6-4-7-11-18;/h4-15,17,20H,16H2,1-3H3;1H/b15-14+;. The predicted molar refractivity (Wildman–Crippen MR) is 106 cm³/mol.